The van der Waals surface area contributed by atoms with E-state index in [4.69, 9.17) is 9.52 Å². The van der Waals surface area contributed by atoms with Gasteiger partial charge in [-0.3, -0.25) is 4.79 Å². The molecule has 2 rings (SSSR count). The minimum Gasteiger partial charge on any atom is -0.469 e. The van der Waals surface area contributed by atoms with Gasteiger partial charge < -0.3 is 14.8 Å². The van der Waals surface area contributed by atoms with Crippen LogP contribution in [0.3, 0.4) is 0 Å². The van der Waals surface area contributed by atoms with Gasteiger partial charge in [0.25, 0.3) is 5.91 Å². The van der Waals surface area contributed by atoms with Crippen molar-refractivity contribution in [3.8, 4) is 11.8 Å². The van der Waals surface area contributed by atoms with E-state index in [1.165, 1.54) is 6.26 Å². The van der Waals surface area contributed by atoms with E-state index in [0.29, 0.717) is 17.7 Å². The molecule has 108 valence electrons. The Kier molecular flexibility index (Phi) is 4.81. The number of carbonyl (C=O) groups excluding carboxylic acids is 1. The summed E-state index contributed by atoms with van der Waals surface area (Å²) < 4.78 is 5.14. The molecule has 0 aliphatic heterocycles. The molecule has 4 heteroatoms. The van der Waals surface area contributed by atoms with E-state index in [0.717, 1.165) is 16.8 Å². The molecule has 0 saturated carbocycles. The predicted octanol–water partition coefficient (Wildman–Crippen LogP) is 2.88. The van der Waals surface area contributed by atoms with Gasteiger partial charge in [0.2, 0.25) is 0 Å². The van der Waals surface area contributed by atoms with Gasteiger partial charge in [0.15, 0.2) is 0 Å². The van der Waals surface area contributed by atoms with Gasteiger partial charge in [-0.05, 0) is 37.6 Å². The molecule has 0 aliphatic carbocycles. The normalized spacial score (nSPS) is 9.86. The standard InChI is InChI=1S/C17H17NO3/c1-12-6-7-14(5-3-4-9-19)11-16(12)18-17(20)15-8-10-21-13(15)2/h6-8,10-11,19H,4,9H2,1-2H3,(H,18,20). The number of hydrogen-bond donors (Lipinski definition) is 2. The smallest absolute Gasteiger partial charge is 0.259 e. The van der Waals surface area contributed by atoms with Crippen molar-refractivity contribution in [3.05, 3.63) is 53.0 Å². The molecule has 2 N–H and O–H groups in total. The summed E-state index contributed by atoms with van der Waals surface area (Å²) in [5.74, 6) is 6.20. The van der Waals surface area contributed by atoms with Crippen molar-refractivity contribution in [3.63, 3.8) is 0 Å². The third kappa shape index (κ3) is 3.74. The van der Waals surface area contributed by atoms with Crippen molar-refractivity contribution in [2.24, 2.45) is 0 Å². The van der Waals surface area contributed by atoms with Crippen molar-refractivity contribution in [2.45, 2.75) is 20.3 Å². The van der Waals surface area contributed by atoms with E-state index < -0.39 is 0 Å². The van der Waals surface area contributed by atoms with Gasteiger partial charge in [0, 0.05) is 17.7 Å². The molecule has 0 bridgehead atoms. The van der Waals surface area contributed by atoms with Crippen LogP contribution in [-0.4, -0.2) is 17.6 Å². The SMILES string of the molecule is Cc1ccc(C#CCCO)cc1NC(=O)c1ccoc1C. The molecule has 2 aromatic rings. The monoisotopic (exact) mass is 283 g/mol. The molecule has 1 amide bonds. The van der Waals surface area contributed by atoms with E-state index >= 15 is 0 Å². The first-order valence-corrected chi connectivity index (χ1v) is 6.67. The number of aryl methyl sites for hydroxylation is 2. The number of amides is 1. The van der Waals surface area contributed by atoms with Crippen molar-refractivity contribution < 1.29 is 14.3 Å². The molecule has 21 heavy (non-hydrogen) atoms. The van der Waals surface area contributed by atoms with Gasteiger partial charge >= 0.3 is 0 Å². The maximum atomic E-state index is 12.2. The van der Waals surface area contributed by atoms with Crippen LogP contribution in [0.15, 0.2) is 34.9 Å². The topological polar surface area (TPSA) is 62.5 Å². The average molecular weight is 283 g/mol. The highest BCUT2D eigenvalue weighted by atomic mass is 16.3. The second-order valence-electron chi connectivity index (χ2n) is 4.65. The Labute approximate surface area is 123 Å². The number of nitrogens with one attached hydrogen (secondary N) is 1. The van der Waals surface area contributed by atoms with Crippen molar-refractivity contribution in [1.29, 1.82) is 0 Å². The summed E-state index contributed by atoms with van der Waals surface area (Å²) in [4.78, 5) is 12.2. The summed E-state index contributed by atoms with van der Waals surface area (Å²) in [6.45, 7) is 3.71. The summed E-state index contributed by atoms with van der Waals surface area (Å²) in [7, 11) is 0. The van der Waals surface area contributed by atoms with Gasteiger partial charge in [-0.1, -0.05) is 17.9 Å². The first-order chi connectivity index (χ1) is 10.1. The van der Waals surface area contributed by atoms with Crippen molar-refractivity contribution in [2.75, 3.05) is 11.9 Å². The van der Waals surface area contributed by atoms with E-state index in [1.807, 2.05) is 25.1 Å². The van der Waals surface area contributed by atoms with Crippen LogP contribution in [0.4, 0.5) is 5.69 Å². The van der Waals surface area contributed by atoms with E-state index in [1.54, 1.807) is 13.0 Å². The van der Waals surface area contributed by atoms with Crippen LogP contribution in [-0.2, 0) is 0 Å². The molecule has 1 aromatic heterocycles. The summed E-state index contributed by atoms with van der Waals surface area (Å²) in [6, 6.07) is 7.26. The summed E-state index contributed by atoms with van der Waals surface area (Å²) >= 11 is 0. The number of hydrogen-bond acceptors (Lipinski definition) is 3. The molecule has 0 atom stereocenters. The Morgan fingerprint density at radius 2 is 2.14 bits per heavy atom. The first kappa shape index (κ1) is 14.9. The predicted molar refractivity (Wildman–Crippen MR) is 81.2 cm³/mol. The maximum absolute atomic E-state index is 12.2. The quantitative estimate of drug-likeness (QED) is 0.851. The van der Waals surface area contributed by atoms with Gasteiger partial charge in [-0.2, -0.15) is 0 Å². The zero-order valence-electron chi connectivity index (χ0n) is 12.1. The lowest BCUT2D eigenvalue weighted by molar-refractivity contribution is 0.102. The van der Waals surface area contributed by atoms with E-state index in [-0.39, 0.29) is 12.5 Å². The fourth-order valence-corrected chi connectivity index (χ4v) is 1.87. The maximum Gasteiger partial charge on any atom is 0.259 e. The molecule has 0 aliphatic rings. The van der Waals surface area contributed by atoms with Crippen molar-refractivity contribution in [1.82, 2.24) is 0 Å². The summed E-state index contributed by atoms with van der Waals surface area (Å²) in [6.07, 6.45) is 1.93. The van der Waals surface area contributed by atoms with Gasteiger partial charge in [0.1, 0.15) is 5.76 Å². The van der Waals surface area contributed by atoms with Crippen LogP contribution in [0.2, 0.25) is 0 Å². The highest BCUT2D eigenvalue weighted by Gasteiger charge is 2.12. The highest BCUT2D eigenvalue weighted by Crippen LogP contribution is 2.18. The lowest BCUT2D eigenvalue weighted by Crippen LogP contribution is -2.13. The lowest BCUT2D eigenvalue weighted by atomic mass is 10.1. The Morgan fingerprint density at radius 1 is 1.33 bits per heavy atom. The van der Waals surface area contributed by atoms with Crippen LogP contribution in [0.25, 0.3) is 0 Å². The largest absolute Gasteiger partial charge is 0.469 e. The van der Waals surface area contributed by atoms with Crippen LogP contribution in [0.1, 0.15) is 33.7 Å². The van der Waals surface area contributed by atoms with Gasteiger partial charge in [-0.25, -0.2) is 0 Å². The van der Waals surface area contributed by atoms with Gasteiger partial charge in [-0.15, -0.1) is 0 Å². The summed E-state index contributed by atoms with van der Waals surface area (Å²) in [5.41, 5.74) is 2.99. The zero-order valence-corrected chi connectivity index (χ0v) is 12.1. The molecular weight excluding hydrogens is 266 g/mol. The van der Waals surface area contributed by atoms with Crippen LogP contribution in [0, 0.1) is 25.7 Å². The molecule has 4 nitrogen and oxygen atoms in total. The molecule has 0 fully saturated rings. The Balaban J connectivity index is 2.20. The minimum atomic E-state index is -0.204. The first-order valence-electron chi connectivity index (χ1n) is 6.67. The second-order valence-corrected chi connectivity index (χ2v) is 4.65. The number of furan rings is 1. The molecule has 1 heterocycles. The third-order valence-corrected chi connectivity index (χ3v) is 3.06. The summed E-state index contributed by atoms with van der Waals surface area (Å²) in [5, 5.41) is 11.6. The number of rotatable bonds is 3. The highest BCUT2D eigenvalue weighted by molar-refractivity contribution is 6.05. The minimum absolute atomic E-state index is 0.0439. The zero-order chi connectivity index (χ0) is 15.2. The fourth-order valence-electron chi connectivity index (χ4n) is 1.87. The number of carbonyl (C=O) groups is 1. The molecule has 0 unspecified atom stereocenters. The number of benzene rings is 1. The van der Waals surface area contributed by atoms with Crippen LogP contribution < -0.4 is 5.32 Å². The molecular formula is C17H17NO3. The van der Waals surface area contributed by atoms with Crippen LogP contribution >= 0.6 is 0 Å². The molecule has 0 radical (unpaired) electrons. The van der Waals surface area contributed by atoms with Crippen LogP contribution in [0.5, 0.6) is 0 Å². The Bertz CT molecular complexity index is 704. The number of aliphatic hydroxyl groups excluding tert-OH is 1. The molecule has 0 spiro atoms. The van der Waals surface area contributed by atoms with E-state index in [2.05, 4.69) is 17.2 Å². The average Bonchev–Trinajstić information content (AvgIpc) is 2.89. The number of anilines is 1. The Hall–Kier alpha value is -2.51. The molecule has 1 aromatic carbocycles. The lowest BCUT2D eigenvalue weighted by Gasteiger charge is -2.08. The second kappa shape index (κ2) is 6.78. The fraction of sp³-hybridized carbons (Fsp3) is 0.235. The number of aliphatic hydroxyl groups is 1. The third-order valence-electron chi connectivity index (χ3n) is 3.06. The molecule has 0 saturated heterocycles. The van der Waals surface area contributed by atoms with Gasteiger partial charge in [0.05, 0.1) is 18.4 Å². The van der Waals surface area contributed by atoms with Crippen molar-refractivity contribution >= 4 is 11.6 Å². The van der Waals surface area contributed by atoms with E-state index in [9.17, 15) is 4.79 Å². The Morgan fingerprint density at radius 3 is 2.81 bits per heavy atom.